The molecule has 12 heteroatoms. The Kier molecular flexibility index (Phi) is 24.2. The summed E-state index contributed by atoms with van der Waals surface area (Å²) in [7, 11) is 0. The van der Waals surface area contributed by atoms with Crippen LogP contribution < -0.4 is 21.7 Å². The van der Waals surface area contributed by atoms with Crippen molar-refractivity contribution in [2.24, 2.45) is 27.7 Å². The number of guanidine groups is 2. The predicted molar refractivity (Wildman–Crippen MR) is 250 cm³/mol. The zero-order chi connectivity index (χ0) is 44.2. The lowest BCUT2D eigenvalue weighted by molar-refractivity contribution is -0.310. The molecular weight excluding hydrogens is 769 g/mol. The molecule has 4 rings (SSSR count). The van der Waals surface area contributed by atoms with Crippen molar-refractivity contribution < 1.29 is 28.8 Å². The lowest BCUT2D eigenvalue weighted by atomic mass is 10.0. The minimum absolute atomic E-state index is 0.259. The molecule has 0 bridgehead atoms. The van der Waals surface area contributed by atoms with E-state index in [1.165, 1.54) is 32.1 Å². The molecule has 61 heavy (non-hydrogen) atoms. The number of hydrogen-bond donors (Lipinski definition) is 4. The summed E-state index contributed by atoms with van der Waals surface area (Å²) < 4.78 is 10.9. The molecule has 0 aromatic heterocycles. The van der Waals surface area contributed by atoms with Gasteiger partial charge in [-0.1, -0.05) is 111 Å². The normalized spacial score (nSPS) is 14.8. The highest BCUT2D eigenvalue weighted by molar-refractivity contribution is 6.10. The van der Waals surface area contributed by atoms with E-state index in [-0.39, 0.29) is 18.1 Å². The second kappa shape index (κ2) is 29.3. The smallest absolute Gasteiger partial charge is 0.338 e. The summed E-state index contributed by atoms with van der Waals surface area (Å²) in [5, 5.41) is 9.79. The molecule has 0 saturated carbocycles. The number of anilines is 3. The van der Waals surface area contributed by atoms with Crippen LogP contribution in [0.5, 0.6) is 0 Å². The molecule has 0 saturated heterocycles. The SMILES string of the molecule is CCCCC(CC)COC(=O)c1ccc(N)cc1.CCCCC(CC)COOCc1ccc(NC2=NC(C)N=C(Nc3ccc(C(=O)OCC(CC)CCCC)cc3)N2)cc1. The number of carbonyl (C=O) groups is 2. The number of rotatable bonds is 25. The number of unbranched alkanes of at least 4 members (excludes halogenated alkanes) is 3. The molecule has 1 heterocycles. The highest BCUT2D eigenvalue weighted by Gasteiger charge is 2.16. The van der Waals surface area contributed by atoms with Crippen LogP contribution in [0.2, 0.25) is 0 Å². The van der Waals surface area contributed by atoms with Crippen molar-refractivity contribution in [3.8, 4) is 0 Å². The zero-order valence-corrected chi connectivity index (χ0v) is 38.0. The van der Waals surface area contributed by atoms with Crippen molar-refractivity contribution in [3.63, 3.8) is 0 Å². The topological polar surface area (TPSA) is 158 Å². The van der Waals surface area contributed by atoms with Crippen molar-refractivity contribution in [3.05, 3.63) is 89.5 Å². The summed E-state index contributed by atoms with van der Waals surface area (Å²) >= 11 is 0. The molecule has 3 aromatic rings. The first kappa shape index (κ1) is 50.4. The molecule has 12 nitrogen and oxygen atoms in total. The van der Waals surface area contributed by atoms with E-state index < -0.39 is 0 Å². The summed E-state index contributed by atoms with van der Waals surface area (Å²) in [6, 6.07) is 22.0. The third-order valence-electron chi connectivity index (χ3n) is 10.8. The molecule has 3 aromatic carbocycles. The maximum atomic E-state index is 12.5. The number of nitrogens with zero attached hydrogens (tertiary/aromatic N) is 2. The number of ether oxygens (including phenoxy) is 2. The molecule has 0 aliphatic carbocycles. The van der Waals surface area contributed by atoms with Gasteiger partial charge in [0.2, 0.25) is 11.9 Å². The first-order chi connectivity index (χ1) is 29.6. The van der Waals surface area contributed by atoms with Crippen LogP contribution >= 0.6 is 0 Å². The van der Waals surface area contributed by atoms with Gasteiger partial charge in [0.15, 0.2) is 0 Å². The van der Waals surface area contributed by atoms with Gasteiger partial charge in [-0.2, -0.15) is 0 Å². The Balaban J connectivity index is 0.000000460. The summed E-state index contributed by atoms with van der Waals surface area (Å²) in [5.41, 5.74) is 10.0. The fourth-order valence-corrected chi connectivity index (χ4v) is 6.47. The van der Waals surface area contributed by atoms with Crippen LogP contribution in [-0.2, 0) is 25.9 Å². The largest absolute Gasteiger partial charge is 0.462 e. The molecule has 4 unspecified atom stereocenters. The molecule has 336 valence electrons. The maximum Gasteiger partial charge on any atom is 0.338 e. The van der Waals surface area contributed by atoms with Gasteiger partial charge in [-0.25, -0.2) is 29.3 Å². The zero-order valence-electron chi connectivity index (χ0n) is 38.0. The van der Waals surface area contributed by atoms with Gasteiger partial charge in [-0.15, -0.1) is 0 Å². The van der Waals surface area contributed by atoms with Crippen LogP contribution in [-0.4, -0.2) is 49.8 Å². The van der Waals surface area contributed by atoms with E-state index in [9.17, 15) is 9.59 Å². The Morgan fingerprint density at radius 1 is 0.607 bits per heavy atom. The van der Waals surface area contributed by atoms with Gasteiger partial charge < -0.3 is 25.8 Å². The van der Waals surface area contributed by atoms with Crippen LogP contribution in [0.4, 0.5) is 17.1 Å². The van der Waals surface area contributed by atoms with Crippen LogP contribution in [0.3, 0.4) is 0 Å². The van der Waals surface area contributed by atoms with Gasteiger partial charge in [0, 0.05) is 17.1 Å². The van der Waals surface area contributed by atoms with Crippen LogP contribution in [0.25, 0.3) is 0 Å². The van der Waals surface area contributed by atoms with Crippen molar-refractivity contribution in [1.82, 2.24) is 5.32 Å². The van der Waals surface area contributed by atoms with E-state index in [0.29, 0.717) is 72.9 Å². The first-order valence-corrected chi connectivity index (χ1v) is 22.7. The molecule has 4 atom stereocenters. The Bertz CT molecular complexity index is 1730. The van der Waals surface area contributed by atoms with E-state index in [1.54, 1.807) is 36.4 Å². The monoisotopic (exact) mass is 843 g/mol. The van der Waals surface area contributed by atoms with Gasteiger partial charge >= 0.3 is 11.9 Å². The fraction of sp³-hybridized carbons (Fsp3) is 0.551. The van der Waals surface area contributed by atoms with Gasteiger partial charge in [0.25, 0.3) is 0 Å². The number of nitrogens with two attached hydrogens (primary N) is 1. The number of benzene rings is 3. The summed E-state index contributed by atoms with van der Waals surface area (Å²) in [6.07, 6.45) is 13.4. The minimum Gasteiger partial charge on any atom is -0.462 e. The van der Waals surface area contributed by atoms with E-state index >= 15 is 0 Å². The number of esters is 2. The molecular formula is C49H74N6O6. The van der Waals surface area contributed by atoms with Gasteiger partial charge in [-0.3, -0.25) is 5.32 Å². The third-order valence-corrected chi connectivity index (χ3v) is 10.8. The predicted octanol–water partition coefficient (Wildman–Crippen LogP) is 11.6. The summed E-state index contributed by atoms with van der Waals surface area (Å²) in [6.45, 7) is 17.0. The first-order valence-electron chi connectivity index (χ1n) is 22.7. The van der Waals surface area contributed by atoms with Crippen molar-refractivity contribution >= 4 is 40.9 Å². The van der Waals surface area contributed by atoms with E-state index in [1.807, 2.05) is 43.3 Å². The molecule has 5 N–H and O–H groups in total. The van der Waals surface area contributed by atoms with Gasteiger partial charge in [-0.05, 0) is 110 Å². The summed E-state index contributed by atoms with van der Waals surface area (Å²) in [5.74, 6) is 2.03. The Labute approximate surface area is 365 Å². The average Bonchev–Trinajstić information content (AvgIpc) is 3.27. The number of carbonyl (C=O) groups excluding carboxylic acids is 2. The Hall–Kier alpha value is -4.94. The number of aliphatic imine (C=N–C) groups is 2. The van der Waals surface area contributed by atoms with Crippen molar-refractivity contribution in [2.75, 3.05) is 36.2 Å². The third kappa shape index (κ3) is 20.0. The number of nitrogen functional groups attached to an aromatic ring is 1. The van der Waals surface area contributed by atoms with Crippen molar-refractivity contribution in [2.45, 2.75) is 138 Å². The Morgan fingerprint density at radius 3 is 1.44 bits per heavy atom. The molecule has 0 fully saturated rings. The highest BCUT2D eigenvalue weighted by Crippen LogP contribution is 2.18. The van der Waals surface area contributed by atoms with E-state index in [4.69, 9.17) is 25.0 Å². The van der Waals surface area contributed by atoms with Gasteiger partial charge in [0.1, 0.15) is 12.8 Å². The van der Waals surface area contributed by atoms with Crippen LogP contribution in [0.1, 0.15) is 152 Å². The standard InChI is InChI=1S/C34H51N5O4.C15H23NO2/c1-6-10-12-26(8-3)22-41-32(40)29-16-20-31(21-17-29)38-34-36-25(5)35-33(39-34)37-30-18-14-28(15-19-30)24-43-42-23-27(9-4)13-11-7-2;1-3-5-6-12(4-2)11-18-15(17)13-7-9-14(16)10-8-13/h14-21,25-27H,6-13,22-24H2,1-5H3,(H3,35,36,37,38,39);7-10,12H,3-6,11,16H2,1-2H3. The number of nitrogens with one attached hydrogen (secondary N) is 3. The van der Waals surface area contributed by atoms with Crippen LogP contribution in [0.15, 0.2) is 82.8 Å². The minimum atomic E-state index is -0.292. The van der Waals surface area contributed by atoms with E-state index in [2.05, 4.69) is 67.5 Å². The number of hydrogen-bond acceptors (Lipinski definition) is 12. The molecule has 0 radical (unpaired) electrons. The quantitative estimate of drug-likeness (QED) is 0.0213. The van der Waals surface area contributed by atoms with Crippen LogP contribution in [0, 0.1) is 17.8 Å². The average molecular weight is 843 g/mol. The molecule has 0 spiro atoms. The Morgan fingerprint density at radius 2 is 1.02 bits per heavy atom. The second-order valence-corrected chi connectivity index (χ2v) is 15.9. The van der Waals surface area contributed by atoms with Crippen molar-refractivity contribution in [1.29, 1.82) is 0 Å². The fourth-order valence-electron chi connectivity index (χ4n) is 6.47. The molecule has 1 aliphatic rings. The lowest BCUT2D eigenvalue weighted by Crippen LogP contribution is -2.44. The molecule has 1 aliphatic heterocycles. The second-order valence-electron chi connectivity index (χ2n) is 15.9. The lowest BCUT2D eigenvalue weighted by Gasteiger charge is -2.21. The molecule has 0 amide bonds. The van der Waals surface area contributed by atoms with E-state index in [0.717, 1.165) is 61.9 Å². The summed E-state index contributed by atoms with van der Waals surface area (Å²) in [4.78, 5) is 44.4. The van der Waals surface area contributed by atoms with Gasteiger partial charge in [0.05, 0.1) is 30.9 Å². The highest BCUT2D eigenvalue weighted by atomic mass is 17.2. The maximum absolute atomic E-state index is 12.5.